The van der Waals surface area contributed by atoms with Crippen LogP contribution in [-0.2, 0) is 0 Å². The van der Waals surface area contributed by atoms with Gasteiger partial charge in [0.15, 0.2) is 0 Å². The van der Waals surface area contributed by atoms with E-state index in [2.05, 4.69) is 15.9 Å². The number of nitro groups is 1. The van der Waals surface area contributed by atoms with Crippen LogP contribution in [0.3, 0.4) is 0 Å². The first-order chi connectivity index (χ1) is 6.06. The Kier molecular flexibility index (Phi) is 2.49. The molecule has 5 nitrogen and oxygen atoms in total. The van der Waals surface area contributed by atoms with Gasteiger partial charge >= 0.3 is 0 Å². The molecule has 1 N–H and O–H groups in total. The molecule has 0 fully saturated rings. The van der Waals surface area contributed by atoms with Crippen LogP contribution in [0.15, 0.2) is 16.6 Å². The monoisotopic (exact) mass is 242 g/mol. The van der Waals surface area contributed by atoms with Crippen molar-refractivity contribution in [3.8, 4) is 11.8 Å². The van der Waals surface area contributed by atoms with Crippen LogP contribution < -0.4 is 0 Å². The van der Waals surface area contributed by atoms with E-state index in [0.29, 0.717) is 0 Å². The molecule has 1 rings (SSSR count). The Hall–Kier alpha value is -1.61. The van der Waals surface area contributed by atoms with Crippen molar-refractivity contribution in [3.05, 3.63) is 32.3 Å². The lowest BCUT2D eigenvalue weighted by Gasteiger charge is -1.98. The van der Waals surface area contributed by atoms with Crippen molar-refractivity contribution in [1.29, 1.82) is 5.26 Å². The molecule has 0 radical (unpaired) electrons. The van der Waals surface area contributed by atoms with Gasteiger partial charge in [-0.3, -0.25) is 10.1 Å². The highest BCUT2D eigenvalue weighted by Crippen LogP contribution is 2.31. The van der Waals surface area contributed by atoms with Gasteiger partial charge in [-0.25, -0.2) is 0 Å². The van der Waals surface area contributed by atoms with Crippen LogP contribution >= 0.6 is 15.9 Å². The molecule has 13 heavy (non-hydrogen) atoms. The normalized spacial score (nSPS) is 9.23. The van der Waals surface area contributed by atoms with Crippen LogP contribution in [0.4, 0.5) is 5.69 Å². The molecule has 1 aromatic carbocycles. The summed E-state index contributed by atoms with van der Waals surface area (Å²) < 4.78 is 0.193. The molecular formula is C7H3BrN2O3. The van der Waals surface area contributed by atoms with Gasteiger partial charge in [-0.2, -0.15) is 5.26 Å². The van der Waals surface area contributed by atoms with E-state index in [1.165, 1.54) is 0 Å². The van der Waals surface area contributed by atoms with E-state index in [-0.39, 0.29) is 21.5 Å². The Balaban J connectivity index is 3.44. The number of nitrogens with zero attached hydrogens (tertiary/aromatic N) is 2. The molecule has 0 atom stereocenters. The standard InChI is InChI=1S/C7H3BrN2O3/c8-5-2-6(10(12)13)4(3-9)1-7(5)11/h1-2,11H. The number of nitriles is 1. The van der Waals surface area contributed by atoms with Gasteiger partial charge in [0.1, 0.15) is 17.4 Å². The lowest BCUT2D eigenvalue weighted by molar-refractivity contribution is -0.385. The average molecular weight is 243 g/mol. The summed E-state index contributed by atoms with van der Waals surface area (Å²) in [7, 11) is 0. The quantitative estimate of drug-likeness (QED) is 0.602. The molecular weight excluding hydrogens is 240 g/mol. The molecule has 0 spiro atoms. The second-order valence-electron chi connectivity index (χ2n) is 2.19. The topological polar surface area (TPSA) is 87.2 Å². The van der Waals surface area contributed by atoms with Crippen molar-refractivity contribution in [3.63, 3.8) is 0 Å². The number of aromatic hydroxyl groups is 1. The molecule has 0 aliphatic rings. The maximum Gasteiger partial charge on any atom is 0.288 e. The summed E-state index contributed by atoms with van der Waals surface area (Å²) in [5.41, 5.74) is -0.488. The van der Waals surface area contributed by atoms with Gasteiger partial charge in [0, 0.05) is 12.1 Å². The van der Waals surface area contributed by atoms with Crippen LogP contribution in [0.25, 0.3) is 0 Å². The van der Waals surface area contributed by atoms with Crippen molar-refractivity contribution in [2.45, 2.75) is 0 Å². The fourth-order valence-electron chi connectivity index (χ4n) is 0.792. The van der Waals surface area contributed by atoms with E-state index in [9.17, 15) is 10.1 Å². The molecule has 0 saturated carbocycles. The minimum Gasteiger partial charge on any atom is -0.507 e. The average Bonchev–Trinajstić information content (AvgIpc) is 2.08. The van der Waals surface area contributed by atoms with Crippen LogP contribution in [0.1, 0.15) is 5.56 Å². The molecule has 0 saturated heterocycles. The highest BCUT2D eigenvalue weighted by molar-refractivity contribution is 9.10. The summed E-state index contributed by atoms with van der Waals surface area (Å²) >= 11 is 2.91. The summed E-state index contributed by atoms with van der Waals surface area (Å²) in [6.07, 6.45) is 0. The van der Waals surface area contributed by atoms with Gasteiger partial charge in [0.05, 0.1) is 9.40 Å². The second kappa shape index (κ2) is 3.41. The van der Waals surface area contributed by atoms with E-state index >= 15 is 0 Å². The van der Waals surface area contributed by atoms with Crippen molar-refractivity contribution >= 4 is 21.6 Å². The molecule has 0 aliphatic carbocycles. The Morgan fingerprint density at radius 1 is 1.62 bits per heavy atom. The number of benzene rings is 1. The van der Waals surface area contributed by atoms with Gasteiger partial charge in [-0.1, -0.05) is 0 Å². The van der Waals surface area contributed by atoms with Gasteiger partial charge in [0.25, 0.3) is 5.69 Å². The lowest BCUT2D eigenvalue weighted by atomic mass is 10.2. The van der Waals surface area contributed by atoms with Crippen LogP contribution in [0.2, 0.25) is 0 Å². The third kappa shape index (κ3) is 1.76. The van der Waals surface area contributed by atoms with E-state index in [4.69, 9.17) is 10.4 Å². The summed E-state index contributed by atoms with van der Waals surface area (Å²) in [4.78, 5) is 9.72. The highest BCUT2D eigenvalue weighted by Gasteiger charge is 2.16. The minimum absolute atomic E-state index is 0.161. The SMILES string of the molecule is N#Cc1cc(O)c(Br)cc1[N+](=O)[O-]. The zero-order valence-electron chi connectivity index (χ0n) is 6.19. The number of hydrogen-bond acceptors (Lipinski definition) is 4. The molecule has 6 heteroatoms. The molecule has 0 aromatic heterocycles. The summed E-state index contributed by atoms with van der Waals surface area (Å²) in [5.74, 6) is -0.192. The van der Waals surface area contributed by atoms with E-state index in [1.807, 2.05) is 0 Å². The first-order valence-corrected chi connectivity index (χ1v) is 3.92. The smallest absolute Gasteiger partial charge is 0.288 e. The molecule has 0 bridgehead atoms. The number of phenols is 1. The molecule has 0 aliphatic heterocycles. The number of phenolic OH excluding ortho intramolecular Hbond substituents is 1. The van der Waals surface area contributed by atoms with Gasteiger partial charge in [-0.15, -0.1) is 0 Å². The maximum atomic E-state index is 10.4. The number of nitro benzene ring substituents is 1. The molecule has 0 amide bonds. The fourth-order valence-corrected chi connectivity index (χ4v) is 1.12. The van der Waals surface area contributed by atoms with Crippen molar-refractivity contribution in [1.82, 2.24) is 0 Å². The molecule has 66 valence electrons. The second-order valence-corrected chi connectivity index (χ2v) is 3.04. The predicted octanol–water partition coefficient (Wildman–Crippen LogP) is 1.93. The van der Waals surface area contributed by atoms with E-state index in [1.54, 1.807) is 6.07 Å². The lowest BCUT2D eigenvalue weighted by Crippen LogP contribution is -1.92. The van der Waals surface area contributed by atoms with Gasteiger partial charge < -0.3 is 5.11 Å². The van der Waals surface area contributed by atoms with E-state index in [0.717, 1.165) is 12.1 Å². The Bertz CT molecular complexity index is 411. The van der Waals surface area contributed by atoms with Crippen molar-refractivity contribution < 1.29 is 10.0 Å². The van der Waals surface area contributed by atoms with E-state index < -0.39 is 4.92 Å². The fraction of sp³-hybridized carbons (Fsp3) is 0. The minimum atomic E-state index is -0.678. The zero-order valence-corrected chi connectivity index (χ0v) is 7.78. The zero-order chi connectivity index (χ0) is 10.0. The summed E-state index contributed by atoms with van der Waals surface area (Å²) in [6, 6.07) is 3.76. The van der Waals surface area contributed by atoms with Crippen molar-refractivity contribution in [2.75, 3.05) is 0 Å². The Labute approximate surface area is 81.5 Å². The number of hydrogen-bond donors (Lipinski definition) is 1. The molecule has 0 unspecified atom stereocenters. The van der Waals surface area contributed by atoms with Crippen molar-refractivity contribution in [2.24, 2.45) is 0 Å². The number of rotatable bonds is 1. The summed E-state index contributed by atoms with van der Waals surface area (Å²) in [6.45, 7) is 0. The Morgan fingerprint density at radius 3 is 2.69 bits per heavy atom. The summed E-state index contributed by atoms with van der Waals surface area (Å²) in [5, 5.41) is 28.0. The molecule has 1 aromatic rings. The third-order valence-electron chi connectivity index (χ3n) is 1.38. The largest absolute Gasteiger partial charge is 0.507 e. The highest BCUT2D eigenvalue weighted by atomic mass is 79.9. The van der Waals surface area contributed by atoms with Gasteiger partial charge in [0.2, 0.25) is 0 Å². The first-order valence-electron chi connectivity index (χ1n) is 3.13. The van der Waals surface area contributed by atoms with Crippen LogP contribution in [-0.4, -0.2) is 10.0 Å². The van der Waals surface area contributed by atoms with Crippen LogP contribution in [0.5, 0.6) is 5.75 Å². The van der Waals surface area contributed by atoms with Gasteiger partial charge in [-0.05, 0) is 15.9 Å². The first kappa shape index (κ1) is 9.48. The number of halogens is 1. The van der Waals surface area contributed by atoms with Crippen LogP contribution in [0, 0.1) is 21.4 Å². The molecule has 0 heterocycles. The predicted molar refractivity (Wildman–Crippen MR) is 47.2 cm³/mol. The third-order valence-corrected chi connectivity index (χ3v) is 2.02. The maximum absolute atomic E-state index is 10.4. The Morgan fingerprint density at radius 2 is 2.23 bits per heavy atom.